The summed E-state index contributed by atoms with van der Waals surface area (Å²) in [6, 6.07) is 0. The van der Waals surface area contributed by atoms with Crippen molar-refractivity contribution in [2.45, 2.75) is 25.9 Å². The first kappa shape index (κ1) is 15.3. The summed E-state index contributed by atoms with van der Waals surface area (Å²) in [5.41, 5.74) is 0. The van der Waals surface area contributed by atoms with Crippen LogP contribution in [0, 0.1) is 0 Å². The molecule has 0 spiro atoms. The third-order valence-corrected chi connectivity index (χ3v) is 4.12. The molecule has 17 heavy (non-hydrogen) atoms. The van der Waals surface area contributed by atoms with Gasteiger partial charge in [-0.05, 0) is 45.0 Å². The molecule has 1 heterocycles. The summed E-state index contributed by atoms with van der Waals surface area (Å²) in [6.45, 7) is 8.89. The lowest BCUT2D eigenvalue weighted by molar-refractivity contribution is -0.0345. The molecule has 1 aliphatic rings. The first-order chi connectivity index (χ1) is 8.26. The van der Waals surface area contributed by atoms with Gasteiger partial charge in [0.1, 0.15) is 0 Å². The lowest BCUT2D eigenvalue weighted by Gasteiger charge is -2.33. The Morgan fingerprint density at radius 2 is 2.29 bits per heavy atom. The number of nitrogens with zero attached hydrogens (tertiary/aromatic N) is 2. The summed E-state index contributed by atoms with van der Waals surface area (Å²) in [6.07, 6.45) is 5.11. The van der Waals surface area contributed by atoms with E-state index in [1.165, 1.54) is 25.1 Å². The van der Waals surface area contributed by atoms with Gasteiger partial charge in [-0.3, -0.25) is 4.90 Å². The Hall–Kier alpha value is 0.230. The number of ether oxygens (including phenoxy) is 1. The molecule has 0 amide bonds. The molecule has 0 N–H and O–H groups in total. The molecule has 1 saturated heterocycles. The monoisotopic (exact) mass is 260 g/mol. The predicted octanol–water partition coefficient (Wildman–Crippen LogP) is 1.78. The summed E-state index contributed by atoms with van der Waals surface area (Å²) in [4.78, 5) is 4.92. The third kappa shape index (κ3) is 6.65. The van der Waals surface area contributed by atoms with E-state index >= 15 is 0 Å². The fraction of sp³-hybridized carbons (Fsp3) is 1.00. The minimum atomic E-state index is 0.451. The summed E-state index contributed by atoms with van der Waals surface area (Å²) in [5.74, 6) is 1.28. The fourth-order valence-corrected chi connectivity index (χ4v) is 2.53. The zero-order valence-corrected chi connectivity index (χ0v) is 12.5. The Labute approximate surface area is 111 Å². The maximum absolute atomic E-state index is 5.84. The molecule has 0 saturated carbocycles. The number of morpholine rings is 1. The van der Waals surface area contributed by atoms with E-state index < -0.39 is 0 Å². The van der Waals surface area contributed by atoms with E-state index in [1.807, 2.05) is 11.8 Å². The first-order valence-corrected chi connectivity index (χ1v) is 8.17. The van der Waals surface area contributed by atoms with Gasteiger partial charge in [0.25, 0.3) is 0 Å². The quantitative estimate of drug-likeness (QED) is 0.618. The molecule has 0 aromatic carbocycles. The molecule has 0 radical (unpaired) electrons. The van der Waals surface area contributed by atoms with Crippen LogP contribution in [0.4, 0.5) is 0 Å². The first-order valence-electron chi connectivity index (χ1n) is 6.77. The van der Waals surface area contributed by atoms with Crippen LogP contribution in [-0.4, -0.2) is 74.3 Å². The van der Waals surface area contributed by atoms with Crippen LogP contribution in [0.25, 0.3) is 0 Å². The molecule has 1 atom stereocenters. The highest BCUT2D eigenvalue weighted by Gasteiger charge is 2.19. The van der Waals surface area contributed by atoms with Crippen molar-refractivity contribution in [3.05, 3.63) is 0 Å². The predicted molar refractivity (Wildman–Crippen MR) is 77.0 cm³/mol. The standard InChI is InChI=1S/C13H28N2OS/c1-4-14(2)8-6-13-12-15(9-10-16-13)7-5-11-17-3/h13H,4-12H2,1-3H3/t13-/m0/s1. The van der Waals surface area contributed by atoms with Gasteiger partial charge < -0.3 is 9.64 Å². The highest BCUT2D eigenvalue weighted by atomic mass is 32.2. The van der Waals surface area contributed by atoms with Gasteiger partial charge in [-0.1, -0.05) is 6.92 Å². The molecule has 4 heteroatoms. The molecule has 1 aliphatic heterocycles. The molecule has 0 aromatic rings. The van der Waals surface area contributed by atoms with Crippen molar-refractivity contribution in [2.75, 3.05) is 58.4 Å². The van der Waals surface area contributed by atoms with E-state index in [2.05, 4.69) is 30.0 Å². The number of hydrogen-bond acceptors (Lipinski definition) is 4. The maximum atomic E-state index is 5.84. The molecule has 0 aromatic heterocycles. The number of rotatable bonds is 8. The largest absolute Gasteiger partial charge is 0.376 e. The Morgan fingerprint density at radius 1 is 1.47 bits per heavy atom. The zero-order chi connectivity index (χ0) is 12.5. The lowest BCUT2D eigenvalue weighted by Crippen LogP contribution is -2.44. The second-order valence-corrected chi connectivity index (χ2v) is 5.81. The highest BCUT2D eigenvalue weighted by molar-refractivity contribution is 7.98. The highest BCUT2D eigenvalue weighted by Crippen LogP contribution is 2.10. The van der Waals surface area contributed by atoms with E-state index in [-0.39, 0.29) is 0 Å². The van der Waals surface area contributed by atoms with Gasteiger partial charge in [-0.2, -0.15) is 11.8 Å². The van der Waals surface area contributed by atoms with E-state index in [4.69, 9.17) is 4.74 Å². The van der Waals surface area contributed by atoms with Crippen molar-refractivity contribution in [1.82, 2.24) is 9.80 Å². The number of thioether (sulfide) groups is 1. The molecule has 0 bridgehead atoms. The van der Waals surface area contributed by atoms with Gasteiger partial charge in [0.2, 0.25) is 0 Å². The van der Waals surface area contributed by atoms with Crippen LogP contribution in [0.5, 0.6) is 0 Å². The van der Waals surface area contributed by atoms with Gasteiger partial charge in [0, 0.05) is 19.6 Å². The molecular weight excluding hydrogens is 232 g/mol. The van der Waals surface area contributed by atoms with Gasteiger partial charge >= 0.3 is 0 Å². The van der Waals surface area contributed by atoms with Crippen LogP contribution >= 0.6 is 11.8 Å². The molecule has 0 unspecified atom stereocenters. The van der Waals surface area contributed by atoms with E-state index in [0.717, 1.165) is 32.8 Å². The van der Waals surface area contributed by atoms with Crippen molar-refractivity contribution in [3.8, 4) is 0 Å². The van der Waals surface area contributed by atoms with E-state index in [9.17, 15) is 0 Å². The van der Waals surface area contributed by atoms with Crippen LogP contribution < -0.4 is 0 Å². The zero-order valence-electron chi connectivity index (χ0n) is 11.7. The molecule has 0 aliphatic carbocycles. The molecular formula is C13H28N2OS. The van der Waals surface area contributed by atoms with Crippen molar-refractivity contribution < 1.29 is 4.74 Å². The van der Waals surface area contributed by atoms with E-state index in [1.54, 1.807) is 0 Å². The van der Waals surface area contributed by atoms with Crippen molar-refractivity contribution >= 4 is 11.8 Å². The average Bonchev–Trinajstić information content (AvgIpc) is 2.37. The minimum absolute atomic E-state index is 0.451. The third-order valence-electron chi connectivity index (χ3n) is 3.42. The second-order valence-electron chi connectivity index (χ2n) is 4.82. The van der Waals surface area contributed by atoms with Crippen LogP contribution in [0.3, 0.4) is 0 Å². The Kier molecular flexibility index (Phi) is 8.27. The Balaban J connectivity index is 2.14. The van der Waals surface area contributed by atoms with E-state index in [0.29, 0.717) is 6.10 Å². The topological polar surface area (TPSA) is 15.7 Å². The second kappa shape index (κ2) is 9.20. The summed E-state index contributed by atoms with van der Waals surface area (Å²) >= 11 is 1.94. The van der Waals surface area contributed by atoms with Crippen molar-refractivity contribution in [3.63, 3.8) is 0 Å². The smallest absolute Gasteiger partial charge is 0.0714 e. The normalized spacial score (nSPS) is 22.2. The SMILES string of the molecule is CCN(C)CC[C@H]1CN(CCCSC)CCO1. The summed E-state index contributed by atoms with van der Waals surface area (Å²) in [7, 11) is 2.18. The lowest BCUT2D eigenvalue weighted by atomic mass is 10.2. The van der Waals surface area contributed by atoms with Crippen LogP contribution in [0.1, 0.15) is 19.8 Å². The van der Waals surface area contributed by atoms with Crippen molar-refractivity contribution in [2.24, 2.45) is 0 Å². The van der Waals surface area contributed by atoms with Crippen molar-refractivity contribution in [1.29, 1.82) is 0 Å². The minimum Gasteiger partial charge on any atom is -0.376 e. The Bertz CT molecular complexity index is 192. The molecule has 102 valence electrons. The fourth-order valence-electron chi connectivity index (χ4n) is 2.11. The van der Waals surface area contributed by atoms with Crippen LogP contribution in [-0.2, 0) is 4.74 Å². The van der Waals surface area contributed by atoms with Gasteiger partial charge in [0.05, 0.1) is 12.7 Å². The number of hydrogen-bond donors (Lipinski definition) is 0. The Morgan fingerprint density at radius 3 is 3.00 bits per heavy atom. The molecule has 1 fully saturated rings. The summed E-state index contributed by atoms with van der Waals surface area (Å²) < 4.78 is 5.84. The summed E-state index contributed by atoms with van der Waals surface area (Å²) in [5, 5.41) is 0. The van der Waals surface area contributed by atoms with Gasteiger partial charge in [0.15, 0.2) is 0 Å². The van der Waals surface area contributed by atoms with Gasteiger partial charge in [-0.15, -0.1) is 0 Å². The van der Waals surface area contributed by atoms with Gasteiger partial charge in [-0.25, -0.2) is 0 Å². The molecule has 3 nitrogen and oxygen atoms in total. The van der Waals surface area contributed by atoms with Crippen LogP contribution in [0.2, 0.25) is 0 Å². The molecule has 1 rings (SSSR count). The average molecular weight is 260 g/mol. The van der Waals surface area contributed by atoms with Crippen LogP contribution in [0.15, 0.2) is 0 Å². The maximum Gasteiger partial charge on any atom is 0.0714 e.